The summed E-state index contributed by atoms with van der Waals surface area (Å²) in [6, 6.07) is 15.5. The molecule has 3 rings (SSSR count). The molecule has 1 aliphatic rings. The topological polar surface area (TPSA) is 64.4 Å². The van der Waals surface area contributed by atoms with Gasteiger partial charge < -0.3 is 15.8 Å². The molecule has 0 bridgehead atoms. The minimum Gasteiger partial charge on any atom is -0.364 e. The van der Waals surface area contributed by atoms with Crippen molar-refractivity contribution in [1.29, 1.82) is 0 Å². The number of nitrogens with one attached hydrogen (secondary N) is 1. The Balaban J connectivity index is 0.000000924. The summed E-state index contributed by atoms with van der Waals surface area (Å²) in [6.45, 7) is 1.25. The van der Waals surface area contributed by atoms with Gasteiger partial charge in [0.2, 0.25) is 0 Å². The van der Waals surface area contributed by atoms with Crippen LogP contribution in [0.2, 0.25) is 5.02 Å². The van der Waals surface area contributed by atoms with Crippen molar-refractivity contribution in [2.45, 2.75) is 12.5 Å². The number of halogens is 1. The van der Waals surface area contributed by atoms with E-state index in [1.807, 2.05) is 48.5 Å². The van der Waals surface area contributed by atoms with Crippen LogP contribution in [-0.2, 0) is 9.53 Å². The van der Waals surface area contributed by atoms with Crippen molar-refractivity contribution in [2.75, 3.05) is 20.2 Å². The van der Waals surface area contributed by atoms with Crippen molar-refractivity contribution in [3.8, 4) is 11.1 Å². The number of hydrogen-bond donors (Lipinski definition) is 2. The highest BCUT2D eigenvalue weighted by atomic mass is 35.5. The van der Waals surface area contributed by atoms with Crippen molar-refractivity contribution in [3.05, 3.63) is 59.1 Å². The van der Waals surface area contributed by atoms with Crippen LogP contribution in [0.5, 0.6) is 0 Å². The highest BCUT2D eigenvalue weighted by Crippen LogP contribution is 2.30. The maximum atomic E-state index is 12.1. The van der Waals surface area contributed by atoms with Gasteiger partial charge in [-0.05, 0) is 36.7 Å². The molecule has 2 aromatic rings. The van der Waals surface area contributed by atoms with Gasteiger partial charge in [0, 0.05) is 23.7 Å². The minimum atomic E-state index is -0.546. The molecule has 0 aliphatic carbocycles. The zero-order valence-corrected chi connectivity index (χ0v) is 13.8. The van der Waals surface area contributed by atoms with E-state index in [1.165, 1.54) is 7.05 Å². The first-order chi connectivity index (χ1) is 11.3. The Morgan fingerprint density at radius 1 is 1.17 bits per heavy atom. The van der Waals surface area contributed by atoms with E-state index >= 15 is 0 Å². The molecular formula is C18H21ClN2O2. The van der Waals surface area contributed by atoms with E-state index in [1.54, 1.807) is 0 Å². The van der Waals surface area contributed by atoms with Gasteiger partial charge >= 0.3 is 0 Å². The predicted octanol–water partition coefficient (Wildman–Crippen LogP) is 3.16. The van der Waals surface area contributed by atoms with Crippen LogP contribution in [0.3, 0.4) is 0 Å². The Morgan fingerprint density at radius 3 is 2.74 bits per heavy atom. The third kappa shape index (κ3) is 4.32. The lowest BCUT2D eigenvalue weighted by molar-refractivity contribution is -0.131. The van der Waals surface area contributed by atoms with Gasteiger partial charge in [-0.25, -0.2) is 0 Å². The number of carbonyl (C=O) groups is 1. The first-order valence-corrected chi connectivity index (χ1v) is 7.95. The monoisotopic (exact) mass is 332 g/mol. The van der Waals surface area contributed by atoms with Crippen LogP contribution < -0.4 is 11.1 Å². The fourth-order valence-corrected chi connectivity index (χ4v) is 2.71. The average molecular weight is 333 g/mol. The van der Waals surface area contributed by atoms with Gasteiger partial charge in [-0.3, -0.25) is 4.79 Å². The zero-order valence-electron chi connectivity index (χ0n) is 13.1. The molecule has 1 atom stereocenters. The minimum absolute atomic E-state index is 0.0798. The molecule has 5 heteroatoms. The Morgan fingerprint density at radius 2 is 1.96 bits per heavy atom. The van der Waals surface area contributed by atoms with E-state index in [9.17, 15) is 4.79 Å². The maximum absolute atomic E-state index is 12.1. The van der Waals surface area contributed by atoms with Crippen molar-refractivity contribution in [1.82, 2.24) is 5.32 Å². The first kappa shape index (κ1) is 17.5. The lowest BCUT2D eigenvalue weighted by atomic mass is 10.00. The number of rotatable bonds is 2. The quantitative estimate of drug-likeness (QED) is 0.888. The van der Waals surface area contributed by atoms with Crippen molar-refractivity contribution < 1.29 is 9.53 Å². The van der Waals surface area contributed by atoms with Gasteiger partial charge in [-0.2, -0.15) is 0 Å². The van der Waals surface area contributed by atoms with Crippen molar-refractivity contribution in [3.63, 3.8) is 0 Å². The Labute approximate surface area is 141 Å². The summed E-state index contributed by atoms with van der Waals surface area (Å²) in [7, 11) is 1.50. The molecule has 1 unspecified atom stereocenters. The lowest BCUT2D eigenvalue weighted by Crippen LogP contribution is -2.28. The lowest BCUT2D eigenvalue weighted by Gasteiger charge is -2.15. The van der Waals surface area contributed by atoms with Crippen LogP contribution in [-0.4, -0.2) is 26.1 Å². The number of nitrogens with two attached hydrogens (primary N) is 1. The first-order valence-electron chi connectivity index (χ1n) is 7.57. The molecule has 1 heterocycles. The molecule has 0 spiro atoms. The molecule has 122 valence electrons. The largest absolute Gasteiger partial charge is 0.364 e. The third-order valence-electron chi connectivity index (χ3n) is 3.52. The molecule has 3 N–H and O–H groups in total. The number of amides is 1. The van der Waals surface area contributed by atoms with E-state index in [0.29, 0.717) is 18.2 Å². The van der Waals surface area contributed by atoms with E-state index in [4.69, 9.17) is 16.3 Å². The highest BCUT2D eigenvalue weighted by Gasteiger charge is 2.23. The van der Waals surface area contributed by atoms with Gasteiger partial charge in [0.15, 0.2) is 6.10 Å². The van der Waals surface area contributed by atoms with E-state index in [2.05, 4.69) is 11.1 Å². The molecule has 0 saturated carbocycles. The molecule has 23 heavy (non-hydrogen) atoms. The molecule has 4 nitrogen and oxygen atoms in total. The number of benzene rings is 2. The van der Waals surface area contributed by atoms with Crippen molar-refractivity contribution in [2.24, 2.45) is 5.73 Å². The van der Waals surface area contributed by atoms with E-state index in [0.717, 1.165) is 23.1 Å². The number of ether oxygens (including phenoxy) is 1. The van der Waals surface area contributed by atoms with Gasteiger partial charge in [0.25, 0.3) is 5.91 Å². The summed E-state index contributed by atoms with van der Waals surface area (Å²) < 4.78 is 5.68. The van der Waals surface area contributed by atoms with Gasteiger partial charge in [-0.15, -0.1) is 0 Å². The molecule has 0 aromatic heterocycles. The van der Waals surface area contributed by atoms with Gasteiger partial charge in [0.1, 0.15) is 0 Å². The van der Waals surface area contributed by atoms with Crippen LogP contribution in [0.15, 0.2) is 48.5 Å². The van der Waals surface area contributed by atoms with Crippen LogP contribution in [0.1, 0.15) is 18.1 Å². The Hall–Kier alpha value is -1.88. The molecule has 1 saturated heterocycles. The summed E-state index contributed by atoms with van der Waals surface area (Å²) >= 11 is 6.24. The molecule has 0 radical (unpaired) electrons. The standard InChI is InChI=1S/C17H16ClNO2.CH5N/c18-15-8-2-1-7-14(15)12-5-3-6-13(11-12)16-17(20)19-9-4-10-21-16;1-2/h1-3,5-8,11,16H,4,9-10H2,(H,19,20);2H2,1H3. The second kappa shape index (κ2) is 8.67. The molecule has 1 amide bonds. The molecule has 1 aliphatic heterocycles. The predicted molar refractivity (Wildman–Crippen MR) is 93.3 cm³/mol. The molecule has 1 fully saturated rings. The number of hydrogen-bond acceptors (Lipinski definition) is 3. The maximum Gasteiger partial charge on any atom is 0.253 e. The van der Waals surface area contributed by atoms with Gasteiger partial charge in [-0.1, -0.05) is 48.0 Å². The normalized spacial score (nSPS) is 17.5. The Kier molecular flexibility index (Phi) is 6.59. The Bertz CT molecular complexity index is 661. The van der Waals surface area contributed by atoms with Crippen LogP contribution in [0.25, 0.3) is 11.1 Å². The van der Waals surface area contributed by atoms with Crippen LogP contribution >= 0.6 is 11.6 Å². The summed E-state index contributed by atoms with van der Waals surface area (Å²) in [5.41, 5.74) is 7.29. The average Bonchev–Trinajstić information content (AvgIpc) is 2.82. The summed E-state index contributed by atoms with van der Waals surface area (Å²) in [5, 5.41) is 3.57. The molecule has 2 aromatic carbocycles. The number of carbonyl (C=O) groups excluding carboxylic acids is 1. The van der Waals surface area contributed by atoms with Gasteiger partial charge in [0.05, 0.1) is 0 Å². The highest BCUT2D eigenvalue weighted by molar-refractivity contribution is 6.33. The summed E-state index contributed by atoms with van der Waals surface area (Å²) in [5.74, 6) is -0.0798. The zero-order chi connectivity index (χ0) is 16.7. The van der Waals surface area contributed by atoms with E-state index < -0.39 is 6.10 Å². The van der Waals surface area contributed by atoms with Crippen LogP contribution in [0, 0.1) is 0 Å². The molecular weight excluding hydrogens is 312 g/mol. The van der Waals surface area contributed by atoms with Crippen LogP contribution in [0.4, 0.5) is 0 Å². The smallest absolute Gasteiger partial charge is 0.253 e. The fraction of sp³-hybridized carbons (Fsp3) is 0.278. The van der Waals surface area contributed by atoms with Crippen molar-refractivity contribution >= 4 is 17.5 Å². The van der Waals surface area contributed by atoms with E-state index in [-0.39, 0.29) is 5.91 Å². The third-order valence-corrected chi connectivity index (χ3v) is 3.85. The SMILES string of the molecule is CN.O=C1NCCCOC1c1cccc(-c2ccccc2Cl)c1. The summed E-state index contributed by atoms with van der Waals surface area (Å²) in [4.78, 5) is 12.1. The second-order valence-corrected chi connectivity index (χ2v) is 5.41. The second-order valence-electron chi connectivity index (χ2n) is 5.00. The summed E-state index contributed by atoms with van der Waals surface area (Å²) in [6.07, 6.45) is 0.293. The fourth-order valence-electron chi connectivity index (χ4n) is 2.47.